The number of hydrogen-bond donors (Lipinski definition) is 1. The van der Waals surface area contributed by atoms with Crippen molar-refractivity contribution in [3.8, 4) is 0 Å². The first-order chi connectivity index (χ1) is 8.46. The van der Waals surface area contributed by atoms with Crippen LogP contribution in [0.5, 0.6) is 0 Å². The van der Waals surface area contributed by atoms with Gasteiger partial charge in [-0.2, -0.15) is 0 Å². The Morgan fingerprint density at radius 3 is 2.56 bits per heavy atom. The maximum Gasteiger partial charge on any atom is 0.0641 e. The molecular formula is C16H31NO. The fourth-order valence-corrected chi connectivity index (χ4v) is 3.69. The van der Waals surface area contributed by atoms with E-state index in [1.807, 2.05) is 0 Å². The molecule has 2 nitrogen and oxygen atoms in total. The third-order valence-corrected chi connectivity index (χ3v) is 4.83. The molecule has 2 fully saturated rings. The van der Waals surface area contributed by atoms with Gasteiger partial charge in [0.25, 0.3) is 0 Å². The first kappa shape index (κ1) is 14.3. The molecule has 106 valence electrons. The summed E-state index contributed by atoms with van der Waals surface area (Å²) in [6.45, 7) is 10.1. The van der Waals surface area contributed by atoms with E-state index in [9.17, 15) is 0 Å². The van der Waals surface area contributed by atoms with Crippen molar-refractivity contribution in [3.63, 3.8) is 0 Å². The van der Waals surface area contributed by atoms with Crippen LogP contribution in [0.1, 0.15) is 66.2 Å². The molecule has 1 saturated heterocycles. The van der Waals surface area contributed by atoms with Gasteiger partial charge in [0.15, 0.2) is 0 Å². The van der Waals surface area contributed by atoms with E-state index in [1.54, 1.807) is 0 Å². The average Bonchev–Trinajstić information content (AvgIpc) is 2.28. The SMILES string of the molecule is CC(C)C1CCCC(NC2CCOC(C)(C)C2)C1. The second-order valence-corrected chi connectivity index (χ2v) is 7.33. The predicted molar refractivity (Wildman–Crippen MR) is 76.8 cm³/mol. The van der Waals surface area contributed by atoms with Crippen LogP contribution in [0, 0.1) is 11.8 Å². The molecule has 0 aromatic carbocycles. The van der Waals surface area contributed by atoms with Crippen molar-refractivity contribution >= 4 is 0 Å². The topological polar surface area (TPSA) is 21.3 Å². The zero-order chi connectivity index (χ0) is 13.2. The van der Waals surface area contributed by atoms with Gasteiger partial charge in [0.1, 0.15) is 0 Å². The van der Waals surface area contributed by atoms with Crippen molar-refractivity contribution in [1.29, 1.82) is 0 Å². The summed E-state index contributed by atoms with van der Waals surface area (Å²) in [5.41, 5.74) is 0.0715. The van der Waals surface area contributed by atoms with Crippen molar-refractivity contribution < 1.29 is 4.74 Å². The van der Waals surface area contributed by atoms with E-state index in [4.69, 9.17) is 4.74 Å². The van der Waals surface area contributed by atoms with Gasteiger partial charge in [-0.1, -0.05) is 26.7 Å². The largest absolute Gasteiger partial charge is 0.375 e. The van der Waals surface area contributed by atoms with Crippen molar-refractivity contribution in [2.75, 3.05) is 6.61 Å². The van der Waals surface area contributed by atoms with Crippen molar-refractivity contribution in [2.24, 2.45) is 11.8 Å². The lowest BCUT2D eigenvalue weighted by Crippen LogP contribution is -2.48. The maximum absolute atomic E-state index is 5.80. The smallest absolute Gasteiger partial charge is 0.0641 e. The maximum atomic E-state index is 5.80. The summed E-state index contributed by atoms with van der Waals surface area (Å²) in [6, 6.07) is 1.43. The molecule has 2 heteroatoms. The van der Waals surface area contributed by atoms with Gasteiger partial charge < -0.3 is 10.1 Å². The predicted octanol–water partition coefficient (Wildman–Crippen LogP) is 3.75. The molecule has 2 aliphatic rings. The minimum atomic E-state index is 0.0715. The lowest BCUT2D eigenvalue weighted by molar-refractivity contribution is -0.0650. The Balaban J connectivity index is 1.82. The monoisotopic (exact) mass is 253 g/mol. The highest BCUT2D eigenvalue weighted by Gasteiger charge is 2.31. The molecule has 1 saturated carbocycles. The number of rotatable bonds is 3. The molecule has 1 N–H and O–H groups in total. The van der Waals surface area contributed by atoms with E-state index in [0.717, 1.165) is 30.9 Å². The zero-order valence-electron chi connectivity index (χ0n) is 12.7. The summed E-state index contributed by atoms with van der Waals surface area (Å²) >= 11 is 0. The van der Waals surface area contributed by atoms with Gasteiger partial charge in [0.2, 0.25) is 0 Å². The fourth-order valence-electron chi connectivity index (χ4n) is 3.69. The van der Waals surface area contributed by atoms with E-state index in [1.165, 1.54) is 32.1 Å². The van der Waals surface area contributed by atoms with Crippen LogP contribution in [0.15, 0.2) is 0 Å². The second kappa shape index (κ2) is 5.92. The summed E-state index contributed by atoms with van der Waals surface area (Å²) in [4.78, 5) is 0. The molecular weight excluding hydrogens is 222 g/mol. The Morgan fingerprint density at radius 1 is 1.11 bits per heavy atom. The molecule has 0 bridgehead atoms. The third kappa shape index (κ3) is 3.96. The molecule has 1 aliphatic heterocycles. The van der Waals surface area contributed by atoms with Gasteiger partial charge in [-0.25, -0.2) is 0 Å². The van der Waals surface area contributed by atoms with Gasteiger partial charge in [-0.15, -0.1) is 0 Å². The molecule has 0 aromatic heterocycles. The van der Waals surface area contributed by atoms with Crippen LogP contribution in [0.3, 0.4) is 0 Å². The van der Waals surface area contributed by atoms with Gasteiger partial charge in [-0.3, -0.25) is 0 Å². The molecule has 1 aliphatic carbocycles. The van der Waals surface area contributed by atoms with Crippen LogP contribution >= 0.6 is 0 Å². The van der Waals surface area contributed by atoms with Crippen LogP contribution in [0.4, 0.5) is 0 Å². The van der Waals surface area contributed by atoms with Gasteiger partial charge in [0.05, 0.1) is 5.60 Å². The van der Waals surface area contributed by atoms with Crippen LogP contribution in [0.25, 0.3) is 0 Å². The molecule has 0 aromatic rings. The fraction of sp³-hybridized carbons (Fsp3) is 1.00. The summed E-state index contributed by atoms with van der Waals surface area (Å²) in [5, 5.41) is 3.92. The molecule has 3 unspecified atom stereocenters. The molecule has 1 heterocycles. The quantitative estimate of drug-likeness (QED) is 0.827. The van der Waals surface area contributed by atoms with E-state index in [-0.39, 0.29) is 5.60 Å². The van der Waals surface area contributed by atoms with Gasteiger partial charge in [0, 0.05) is 18.7 Å². The molecule has 2 rings (SSSR count). The number of nitrogens with one attached hydrogen (secondary N) is 1. The number of ether oxygens (including phenoxy) is 1. The second-order valence-electron chi connectivity index (χ2n) is 7.33. The summed E-state index contributed by atoms with van der Waals surface area (Å²) < 4.78 is 5.80. The molecule has 0 radical (unpaired) electrons. The average molecular weight is 253 g/mol. The summed E-state index contributed by atoms with van der Waals surface area (Å²) in [7, 11) is 0. The third-order valence-electron chi connectivity index (χ3n) is 4.83. The van der Waals surface area contributed by atoms with E-state index >= 15 is 0 Å². The lowest BCUT2D eigenvalue weighted by Gasteiger charge is -2.40. The molecule has 0 spiro atoms. The summed E-state index contributed by atoms with van der Waals surface area (Å²) in [5.74, 6) is 1.78. The Morgan fingerprint density at radius 2 is 1.89 bits per heavy atom. The van der Waals surface area contributed by atoms with E-state index in [2.05, 4.69) is 33.0 Å². The Kier molecular flexibility index (Phi) is 4.71. The van der Waals surface area contributed by atoms with Crippen LogP contribution < -0.4 is 5.32 Å². The first-order valence-corrected chi connectivity index (χ1v) is 7.86. The Labute approximate surface area is 113 Å². The van der Waals surface area contributed by atoms with Crippen molar-refractivity contribution in [2.45, 2.75) is 83.9 Å². The highest BCUT2D eigenvalue weighted by molar-refractivity contribution is 4.87. The molecule has 0 amide bonds. The van der Waals surface area contributed by atoms with Crippen molar-refractivity contribution in [3.05, 3.63) is 0 Å². The molecule has 18 heavy (non-hydrogen) atoms. The van der Waals surface area contributed by atoms with Crippen LogP contribution in [0.2, 0.25) is 0 Å². The van der Waals surface area contributed by atoms with Gasteiger partial charge in [-0.05, 0) is 51.4 Å². The zero-order valence-corrected chi connectivity index (χ0v) is 12.7. The highest BCUT2D eigenvalue weighted by atomic mass is 16.5. The number of hydrogen-bond acceptors (Lipinski definition) is 2. The standard InChI is InChI=1S/C16H31NO/c1-12(2)13-6-5-7-14(10-13)17-15-8-9-18-16(3,4)11-15/h12-15,17H,5-11H2,1-4H3. The first-order valence-electron chi connectivity index (χ1n) is 7.86. The normalized spacial score (nSPS) is 36.8. The Hall–Kier alpha value is -0.0800. The summed E-state index contributed by atoms with van der Waals surface area (Å²) in [6.07, 6.45) is 7.96. The van der Waals surface area contributed by atoms with Crippen LogP contribution in [-0.2, 0) is 4.74 Å². The Bertz CT molecular complexity index is 262. The molecule has 3 atom stereocenters. The highest BCUT2D eigenvalue weighted by Crippen LogP contribution is 2.31. The van der Waals surface area contributed by atoms with Gasteiger partial charge >= 0.3 is 0 Å². The van der Waals surface area contributed by atoms with E-state index in [0.29, 0.717) is 6.04 Å². The minimum Gasteiger partial charge on any atom is -0.375 e. The van der Waals surface area contributed by atoms with Crippen LogP contribution in [-0.4, -0.2) is 24.3 Å². The minimum absolute atomic E-state index is 0.0715. The van der Waals surface area contributed by atoms with Crippen molar-refractivity contribution in [1.82, 2.24) is 5.32 Å². The lowest BCUT2D eigenvalue weighted by atomic mass is 9.79. The van der Waals surface area contributed by atoms with E-state index < -0.39 is 0 Å².